The fraction of sp³-hybridized carbons (Fsp3) is 0.158. The summed E-state index contributed by atoms with van der Waals surface area (Å²) in [5.41, 5.74) is 1.86. The number of nitrogens with zero attached hydrogens (tertiary/aromatic N) is 3. The fourth-order valence-corrected chi connectivity index (χ4v) is 3.17. The van der Waals surface area contributed by atoms with Gasteiger partial charge in [0.05, 0.1) is 16.3 Å². The predicted octanol–water partition coefficient (Wildman–Crippen LogP) is 4.86. The third-order valence-electron chi connectivity index (χ3n) is 4.08. The Morgan fingerprint density at radius 1 is 1.26 bits per heavy atom. The summed E-state index contributed by atoms with van der Waals surface area (Å²) in [5, 5.41) is 25.4. The minimum absolute atomic E-state index is 0.0697. The zero-order valence-electron chi connectivity index (χ0n) is 14.4. The molecule has 0 aliphatic carbocycles. The average molecular weight is 430 g/mol. The summed E-state index contributed by atoms with van der Waals surface area (Å²) >= 11 is 3.38. The monoisotopic (exact) mass is 429 g/mol. The number of carbonyl (C=O) groups is 1. The molecular weight excluding hydrogens is 414 g/mol. The van der Waals surface area contributed by atoms with Gasteiger partial charge >= 0.3 is 5.97 Å². The summed E-state index contributed by atoms with van der Waals surface area (Å²) in [6, 6.07) is 13.2. The highest BCUT2D eigenvalue weighted by atomic mass is 79.9. The highest BCUT2D eigenvalue weighted by molar-refractivity contribution is 9.10. The highest BCUT2D eigenvalue weighted by Gasteiger charge is 2.25. The van der Waals surface area contributed by atoms with Crippen LogP contribution in [0.15, 0.2) is 53.0 Å². The molecule has 0 atom stereocenters. The molecule has 138 valence electrons. The molecule has 1 aromatic heterocycles. The molecule has 3 aromatic rings. The lowest BCUT2D eigenvalue weighted by molar-refractivity contribution is -0.384. The largest absolute Gasteiger partial charge is 0.478 e. The number of nitro groups is 1. The van der Waals surface area contributed by atoms with Gasteiger partial charge in [-0.2, -0.15) is 5.10 Å². The van der Waals surface area contributed by atoms with Crippen LogP contribution in [0.5, 0.6) is 0 Å². The maximum absolute atomic E-state index is 12.0. The fourth-order valence-electron chi connectivity index (χ4n) is 2.91. The van der Waals surface area contributed by atoms with Crippen molar-refractivity contribution in [2.24, 2.45) is 0 Å². The van der Waals surface area contributed by atoms with Crippen LogP contribution in [0.2, 0.25) is 0 Å². The molecule has 0 aliphatic heterocycles. The Labute approximate surface area is 163 Å². The maximum atomic E-state index is 12.0. The zero-order valence-corrected chi connectivity index (χ0v) is 16.0. The molecule has 1 N–H and O–H groups in total. The normalized spacial score (nSPS) is 10.7. The number of hydrogen-bond acceptors (Lipinski definition) is 4. The first-order valence-electron chi connectivity index (χ1n) is 8.28. The molecule has 27 heavy (non-hydrogen) atoms. The van der Waals surface area contributed by atoms with Gasteiger partial charge in [-0.05, 0) is 30.7 Å². The number of benzene rings is 2. The SMILES string of the molecule is CCCc1c(C(=O)O)c(-c2cccc([N+](=O)[O-])c2)nn1-c1ccc(Br)cc1. The quantitative estimate of drug-likeness (QED) is 0.445. The second-order valence-corrected chi connectivity index (χ2v) is 6.84. The number of carboxylic acids is 1. The molecule has 0 radical (unpaired) electrons. The van der Waals surface area contributed by atoms with Crippen molar-refractivity contribution < 1.29 is 14.8 Å². The average Bonchev–Trinajstić information content (AvgIpc) is 3.02. The molecule has 0 spiro atoms. The minimum Gasteiger partial charge on any atom is -0.478 e. The van der Waals surface area contributed by atoms with E-state index in [2.05, 4.69) is 21.0 Å². The van der Waals surface area contributed by atoms with Gasteiger partial charge in [-0.25, -0.2) is 9.48 Å². The number of nitro benzene ring substituents is 1. The standard InChI is InChI=1S/C19H16BrN3O4/c1-2-4-16-17(19(24)25)18(12-5-3-6-15(11-12)23(26)27)21-22(16)14-9-7-13(20)8-10-14/h3,5-11H,2,4H2,1H3,(H,24,25). The summed E-state index contributed by atoms with van der Waals surface area (Å²) in [6.07, 6.45) is 1.25. The van der Waals surface area contributed by atoms with Crippen LogP contribution in [0.25, 0.3) is 16.9 Å². The van der Waals surface area contributed by atoms with E-state index < -0.39 is 10.9 Å². The van der Waals surface area contributed by atoms with Gasteiger partial charge in [0.1, 0.15) is 11.3 Å². The lowest BCUT2D eigenvalue weighted by atomic mass is 10.0. The van der Waals surface area contributed by atoms with E-state index in [0.29, 0.717) is 17.7 Å². The molecule has 8 heteroatoms. The van der Waals surface area contributed by atoms with E-state index in [1.54, 1.807) is 10.7 Å². The van der Waals surface area contributed by atoms with Gasteiger partial charge in [-0.1, -0.05) is 41.4 Å². The van der Waals surface area contributed by atoms with E-state index in [4.69, 9.17) is 0 Å². The molecule has 0 fully saturated rings. The van der Waals surface area contributed by atoms with Crippen LogP contribution >= 0.6 is 15.9 Å². The van der Waals surface area contributed by atoms with Gasteiger partial charge < -0.3 is 5.11 Å². The first-order chi connectivity index (χ1) is 12.9. The van der Waals surface area contributed by atoms with Crippen molar-refractivity contribution in [1.82, 2.24) is 9.78 Å². The second-order valence-electron chi connectivity index (χ2n) is 5.92. The lowest BCUT2D eigenvalue weighted by Crippen LogP contribution is -2.06. The topological polar surface area (TPSA) is 98.3 Å². The zero-order chi connectivity index (χ0) is 19.6. The number of aromatic carboxylic acids is 1. The van der Waals surface area contributed by atoms with E-state index in [1.807, 2.05) is 31.2 Å². The molecule has 0 bridgehead atoms. The van der Waals surface area contributed by atoms with Crippen LogP contribution in [0, 0.1) is 10.1 Å². The number of aromatic nitrogens is 2. The van der Waals surface area contributed by atoms with Gasteiger partial charge in [-0.3, -0.25) is 10.1 Å². The summed E-state index contributed by atoms with van der Waals surface area (Å²) in [7, 11) is 0. The molecule has 0 unspecified atom stereocenters. The molecule has 1 heterocycles. The van der Waals surface area contributed by atoms with Gasteiger partial charge in [0.2, 0.25) is 0 Å². The number of carboxylic acid groups (broad SMARTS) is 1. The Bertz CT molecular complexity index is 1010. The second kappa shape index (κ2) is 7.71. The molecule has 0 aliphatic rings. The summed E-state index contributed by atoms with van der Waals surface area (Å²) in [4.78, 5) is 22.6. The molecule has 7 nitrogen and oxygen atoms in total. The van der Waals surface area contributed by atoms with Crippen molar-refractivity contribution in [3.63, 3.8) is 0 Å². The van der Waals surface area contributed by atoms with Crippen molar-refractivity contribution in [2.45, 2.75) is 19.8 Å². The van der Waals surface area contributed by atoms with E-state index in [1.165, 1.54) is 18.2 Å². The number of rotatable bonds is 6. The third kappa shape index (κ3) is 3.75. The van der Waals surface area contributed by atoms with Gasteiger partial charge in [0, 0.05) is 22.2 Å². The highest BCUT2D eigenvalue weighted by Crippen LogP contribution is 2.31. The van der Waals surface area contributed by atoms with Crippen molar-refractivity contribution in [1.29, 1.82) is 0 Å². The van der Waals surface area contributed by atoms with Crippen LogP contribution in [-0.4, -0.2) is 25.8 Å². The van der Waals surface area contributed by atoms with Crippen molar-refractivity contribution >= 4 is 27.6 Å². The van der Waals surface area contributed by atoms with Crippen LogP contribution in [0.1, 0.15) is 29.4 Å². The Kier molecular flexibility index (Phi) is 5.36. The van der Waals surface area contributed by atoms with E-state index in [0.717, 1.165) is 16.6 Å². The number of halogens is 1. The molecular formula is C19H16BrN3O4. The minimum atomic E-state index is -1.11. The van der Waals surface area contributed by atoms with Crippen molar-refractivity contribution in [3.05, 3.63) is 74.4 Å². The Balaban J connectivity index is 2.26. The Hall–Kier alpha value is -3.00. The number of non-ortho nitro benzene ring substituents is 1. The third-order valence-corrected chi connectivity index (χ3v) is 4.61. The first kappa shape index (κ1) is 18.8. The van der Waals surface area contributed by atoms with Crippen LogP contribution in [-0.2, 0) is 6.42 Å². The van der Waals surface area contributed by atoms with E-state index in [9.17, 15) is 20.0 Å². The first-order valence-corrected chi connectivity index (χ1v) is 9.07. The lowest BCUT2D eigenvalue weighted by Gasteiger charge is -2.07. The summed E-state index contributed by atoms with van der Waals surface area (Å²) < 4.78 is 2.50. The van der Waals surface area contributed by atoms with Crippen LogP contribution in [0.4, 0.5) is 5.69 Å². The van der Waals surface area contributed by atoms with E-state index in [-0.39, 0.29) is 16.9 Å². The summed E-state index contributed by atoms with van der Waals surface area (Å²) in [5.74, 6) is -1.11. The van der Waals surface area contributed by atoms with Crippen LogP contribution in [0.3, 0.4) is 0 Å². The molecule has 0 saturated carbocycles. The van der Waals surface area contributed by atoms with Gasteiger partial charge in [0.15, 0.2) is 0 Å². The maximum Gasteiger partial charge on any atom is 0.339 e. The van der Waals surface area contributed by atoms with Crippen molar-refractivity contribution in [2.75, 3.05) is 0 Å². The van der Waals surface area contributed by atoms with Crippen LogP contribution < -0.4 is 0 Å². The Morgan fingerprint density at radius 3 is 2.56 bits per heavy atom. The molecule has 0 amide bonds. The predicted molar refractivity (Wildman–Crippen MR) is 104 cm³/mol. The molecule has 2 aromatic carbocycles. The van der Waals surface area contributed by atoms with Crippen molar-refractivity contribution in [3.8, 4) is 16.9 Å². The Morgan fingerprint density at radius 2 is 1.96 bits per heavy atom. The molecule has 0 saturated heterocycles. The number of hydrogen-bond donors (Lipinski definition) is 1. The smallest absolute Gasteiger partial charge is 0.339 e. The van der Waals surface area contributed by atoms with Gasteiger partial charge in [0.25, 0.3) is 5.69 Å². The van der Waals surface area contributed by atoms with Gasteiger partial charge in [-0.15, -0.1) is 0 Å². The summed E-state index contributed by atoms with van der Waals surface area (Å²) in [6.45, 7) is 1.96. The molecule has 3 rings (SSSR count). The van der Waals surface area contributed by atoms with E-state index >= 15 is 0 Å².